The highest BCUT2D eigenvalue weighted by Crippen LogP contribution is 2.36. The normalized spacial score (nSPS) is 10.8. The summed E-state index contributed by atoms with van der Waals surface area (Å²) >= 11 is 0. The maximum atomic E-state index is 10.8. The summed E-state index contributed by atoms with van der Waals surface area (Å²) in [6.45, 7) is 0. The number of benzene rings is 1. The maximum Gasteiger partial charge on any atom is 0.374 e. The molecule has 0 spiro atoms. The monoisotopic (exact) mass is 258 g/mol. The third kappa shape index (κ3) is 1.74. The highest BCUT2D eigenvalue weighted by molar-refractivity contribution is 5.98. The zero-order valence-corrected chi connectivity index (χ0v) is 10.0. The minimum absolute atomic E-state index is 0.204. The Morgan fingerprint density at radius 3 is 2.95 bits per heavy atom. The molecule has 2 N–H and O–H groups in total. The molecule has 0 aliphatic rings. The highest BCUT2D eigenvalue weighted by atomic mass is 16.5. The fourth-order valence-corrected chi connectivity index (χ4v) is 2.04. The molecular formula is C13H10N2O4. The van der Waals surface area contributed by atoms with Gasteiger partial charge in [-0.05, 0) is 18.2 Å². The Bertz CT molecular complexity index is 757. The van der Waals surface area contributed by atoms with E-state index in [2.05, 4.69) is 10.1 Å². The van der Waals surface area contributed by atoms with Gasteiger partial charge in [0, 0.05) is 23.2 Å². The van der Waals surface area contributed by atoms with Crippen LogP contribution >= 0.6 is 0 Å². The average molecular weight is 258 g/mol. The Hall–Kier alpha value is -2.76. The molecule has 3 aromatic rings. The number of aromatic amines is 1. The average Bonchev–Trinajstić information content (AvgIpc) is 3.06. The first-order chi connectivity index (χ1) is 9.20. The third-order valence-corrected chi connectivity index (χ3v) is 2.89. The predicted octanol–water partition coefficient (Wildman–Crippen LogP) is 2.53. The van der Waals surface area contributed by atoms with E-state index in [1.807, 2.05) is 12.1 Å². The first kappa shape index (κ1) is 11.3. The topological polar surface area (TPSA) is 88.4 Å². The van der Waals surface area contributed by atoms with E-state index in [1.54, 1.807) is 19.4 Å². The number of hydrogen-bond donors (Lipinski definition) is 2. The molecule has 0 aliphatic carbocycles. The number of carboxylic acids is 1. The second-order valence-corrected chi connectivity index (χ2v) is 3.96. The number of methoxy groups -OCH3 is 1. The standard InChI is InChI=1S/C13H10N2O4/c1-18-10-3-2-8-7(4-5-14-8)12(10)9-6-11(13(16)17)19-15-9/h2-6,14H,1H3,(H,16,17). The van der Waals surface area contributed by atoms with Crippen LogP contribution in [-0.4, -0.2) is 28.3 Å². The van der Waals surface area contributed by atoms with Crippen LogP contribution in [0.2, 0.25) is 0 Å². The summed E-state index contributed by atoms with van der Waals surface area (Å²) in [7, 11) is 1.55. The number of hydrogen-bond acceptors (Lipinski definition) is 4. The van der Waals surface area contributed by atoms with Gasteiger partial charge in [-0.15, -0.1) is 0 Å². The Balaban J connectivity index is 2.26. The minimum Gasteiger partial charge on any atom is -0.496 e. The molecule has 0 aliphatic heterocycles. The molecule has 96 valence electrons. The fourth-order valence-electron chi connectivity index (χ4n) is 2.04. The van der Waals surface area contributed by atoms with Gasteiger partial charge in [-0.3, -0.25) is 0 Å². The van der Waals surface area contributed by atoms with Gasteiger partial charge in [0.05, 0.1) is 12.7 Å². The number of rotatable bonds is 3. The molecule has 2 heterocycles. The van der Waals surface area contributed by atoms with E-state index < -0.39 is 5.97 Å². The van der Waals surface area contributed by atoms with E-state index in [1.165, 1.54) is 6.07 Å². The quantitative estimate of drug-likeness (QED) is 0.753. The van der Waals surface area contributed by atoms with Crippen LogP contribution in [0.25, 0.3) is 22.2 Å². The van der Waals surface area contributed by atoms with Crippen molar-refractivity contribution < 1.29 is 19.2 Å². The Labute approximate surface area is 107 Å². The Morgan fingerprint density at radius 1 is 1.42 bits per heavy atom. The molecular weight excluding hydrogens is 248 g/mol. The molecule has 0 unspecified atom stereocenters. The molecule has 19 heavy (non-hydrogen) atoms. The molecule has 0 amide bonds. The summed E-state index contributed by atoms with van der Waals surface area (Å²) < 4.78 is 10.1. The number of H-pyrrole nitrogens is 1. The summed E-state index contributed by atoms with van der Waals surface area (Å²) in [5.41, 5.74) is 2.05. The van der Waals surface area contributed by atoms with E-state index in [0.29, 0.717) is 17.0 Å². The van der Waals surface area contributed by atoms with Crippen LogP contribution in [0.5, 0.6) is 5.75 Å². The van der Waals surface area contributed by atoms with E-state index in [-0.39, 0.29) is 5.76 Å². The van der Waals surface area contributed by atoms with Crippen molar-refractivity contribution in [3.63, 3.8) is 0 Å². The van der Waals surface area contributed by atoms with E-state index in [0.717, 1.165) is 10.9 Å². The van der Waals surface area contributed by atoms with Crippen molar-refractivity contribution >= 4 is 16.9 Å². The summed E-state index contributed by atoms with van der Waals surface area (Å²) in [6, 6.07) is 6.94. The van der Waals surface area contributed by atoms with Gasteiger partial charge in [-0.1, -0.05) is 5.16 Å². The number of aromatic carboxylic acids is 1. The SMILES string of the molecule is COc1ccc2[nH]ccc2c1-c1cc(C(=O)O)on1. The van der Waals surface area contributed by atoms with Crippen LogP contribution in [-0.2, 0) is 0 Å². The largest absolute Gasteiger partial charge is 0.496 e. The number of nitrogens with one attached hydrogen (secondary N) is 1. The van der Waals surface area contributed by atoms with Crippen molar-refractivity contribution in [3.8, 4) is 17.0 Å². The first-order valence-electron chi connectivity index (χ1n) is 5.55. The fraction of sp³-hybridized carbons (Fsp3) is 0.0769. The molecule has 6 nitrogen and oxygen atoms in total. The number of fused-ring (bicyclic) bond motifs is 1. The van der Waals surface area contributed by atoms with Gasteiger partial charge in [-0.25, -0.2) is 4.79 Å². The second-order valence-electron chi connectivity index (χ2n) is 3.96. The highest BCUT2D eigenvalue weighted by Gasteiger charge is 2.18. The minimum atomic E-state index is -1.15. The number of ether oxygens (including phenoxy) is 1. The maximum absolute atomic E-state index is 10.8. The van der Waals surface area contributed by atoms with E-state index in [4.69, 9.17) is 14.4 Å². The van der Waals surface area contributed by atoms with Crippen LogP contribution in [0.4, 0.5) is 0 Å². The molecule has 0 bridgehead atoms. The lowest BCUT2D eigenvalue weighted by Crippen LogP contribution is -1.92. The summed E-state index contributed by atoms with van der Waals surface area (Å²) in [4.78, 5) is 13.9. The summed E-state index contributed by atoms with van der Waals surface area (Å²) in [5.74, 6) is -0.749. The van der Waals surface area contributed by atoms with Gasteiger partial charge < -0.3 is 19.4 Å². The zero-order chi connectivity index (χ0) is 13.4. The number of aromatic nitrogens is 2. The van der Waals surface area contributed by atoms with Crippen LogP contribution < -0.4 is 4.74 Å². The number of carboxylic acid groups (broad SMARTS) is 1. The van der Waals surface area contributed by atoms with Crippen LogP contribution in [0.15, 0.2) is 35.0 Å². The Kier molecular flexibility index (Phi) is 2.49. The summed E-state index contributed by atoms with van der Waals surface area (Å²) in [6.07, 6.45) is 1.80. The van der Waals surface area contributed by atoms with Gasteiger partial charge in [0.1, 0.15) is 11.4 Å². The van der Waals surface area contributed by atoms with Crippen molar-refractivity contribution in [2.45, 2.75) is 0 Å². The van der Waals surface area contributed by atoms with Crippen molar-refractivity contribution in [3.05, 3.63) is 36.2 Å². The lowest BCUT2D eigenvalue weighted by Gasteiger charge is -2.06. The molecule has 0 fully saturated rings. The van der Waals surface area contributed by atoms with Gasteiger partial charge in [0.15, 0.2) is 0 Å². The molecule has 0 saturated carbocycles. The molecule has 2 aromatic heterocycles. The molecule has 0 atom stereocenters. The van der Waals surface area contributed by atoms with Crippen LogP contribution in [0.3, 0.4) is 0 Å². The van der Waals surface area contributed by atoms with E-state index >= 15 is 0 Å². The molecule has 6 heteroatoms. The molecule has 0 radical (unpaired) electrons. The Morgan fingerprint density at radius 2 is 2.26 bits per heavy atom. The van der Waals surface area contributed by atoms with Gasteiger partial charge in [0.25, 0.3) is 0 Å². The molecule has 0 saturated heterocycles. The lowest BCUT2D eigenvalue weighted by molar-refractivity contribution is 0.0652. The van der Waals surface area contributed by atoms with Gasteiger partial charge in [-0.2, -0.15) is 0 Å². The van der Waals surface area contributed by atoms with Gasteiger partial charge in [0.2, 0.25) is 5.76 Å². The first-order valence-corrected chi connectivity index (χ1v) is 5.55. The van der Waals surface area contributed by atoms with E-state index in [9.17, 15) is 4.79 Å². The zero-order valence-electron chi connectivity index (χ0n) is 10.0. The lowest BCUT2D eigenvalue weighted by atomic mass is 10.1. The van der Waals surface area contributed by atoms with Crippen LogP contribution in [0, 0.1) is 0 Å². The van der Waals surface area contributed by atoms with Crippen molar-refractivity contribution in [1.82, 2.24) is 10.1 Å². The van der Waals surface area contributed by atoms with Crippen molar-refractivity contribution in [1.29, 1.82) is 0 Å². The van der Waals surface area contributed by atoms with Crippen molar-refractivity contribution in [2.24, 2.45) is 0 Å². The molecule has 1 aromatic carbocycles. The van der Waals surface area contributed by atoms with Gasteiger partial charge >= 0.3 is 5.97 Å². The summed E-state index contributed by atoms with van der Waals surface area (Å²) in [5, 5.41) is 13.6. The third-order valence-electron chi connectivity index (χ3n) is 2.89. The number of nitrogens with zero attached hydrogens (tertiary/aromatic N) is 1. The number of carbonyl (C=O) groups is 1. The smallest absolute Gasteiger partial charge is 0.374 e. The second kappa shape index (κ2) is 4.16. The predicted molar refractivity (Wildman–Crippen MR) is 67.3 cm³/mol. The molecule has 3 rings (SSSR count). The van der Waals surface area contributed by atoms with Crippen LogP contribution in [0.1, 0.15) is 10.6 Å². The van der Waals surface area contributed by atoms with Crippen molar-refractivity contribution in [2.75, 3.05) is 7.11 Å².